The van der Waals surface area contributed by atoms with Gasteiger partial charge in [-0.1, -0.05) is 19.1 Å². The third-order valence-electron chi connectivity index (χ3n) is 4.33. The molecular formula is C21H38N2O5. The fourth-order valence-corrected chi connectivity index (χ4v) is 2.93. The van der Waals surface area contributed by atoms with Crippen molar-refractivity contribution in [1.82, 2.24) is 9.80 Å². The average Bonchev–Trinajstić information content (AvgIpc) is 2.82. The van der Waals surface area contributed by atoms with Crippen LogP contribution in [-0.2, 0) is 14.2 Å². The van der Waals surface area contributed by atoms with Crippen LogP contribution in [0.4, 0.5) is 9.59 Å². The lowest BCUT2D eigenvalue weighted by atomic mass is 10.2. The van der Waals surface area contributed by atoms with Gasteiger partial charge in [-0.05, 0) is 55.4 Å². The van der Waals surface area contributed by atoms with Crippen LogP contribution < -0.4 is 0 Å². The van der Waals surface area contributed by atoms with Gasteiger partial charge in [0.25, 0.3) is 0 Å². The van der Waals surface area contributed by atoms with E-state index in [1.54, 1.807) is 9.80 Å². The highest BCUT2D eigenvalue weighted by molar-refractivity contribution is 5.69. The zero-order valence-corrected chi connectivity index (χ0v) is 17.9. The molecule has 0 aromatic rings. The van der Waals surface area contributed by atoms with Gasteiger partial charge in [0.1, 0.15) is 22.9 Å². The highest BCUT2D eigenvalue weighted by Gasteiger charge is 2.60. The minimum atomic E-state index is -0.411. The van der Waals surface area contributed by atoms with Crippen molar-refractivity contribution >= 4 is 12.2 Å². The first kappa shape index (κ1) is 24.3. The monoisotopic (exact) mass is 398 g/mol. The second-order valence-corrected chi connectivity index (χ2v) is 9.69. The average molecular weight is 399 g/mol. The van der Waals surface area contributed by atoms with Crippen molar-refractivity contribution in [3.05, 3.63) is 11.6 Å². The van der Waals surface area contributed by atoms with Gasteiger partial charge < -0.3 is 24.0 Å². The van der Waals surface area contributed by atoms with E-state index in [0.717, 1.165) is 0 Å². The number of fused-ring (bicyclic) bond motifs is 1. The topological polar surface area (TPSA) is 71.6 Å². The van der Waals surface area contributed by atoms with Gasteiger partial charge in [0.2, 0.25) is 0 Å². The lowest BCUT2D eigenvalue weighted by molar-refractivity contribution is 0.0202. The third-order valence-corrected chi connectivity index (χ3v) is 4.33. The standard InChI is InChI=1S/C10H17NO3.C10H17NO2.CH4/c1-9(2,3)14-8(12)11-5-7-10(4,6-11)13-7;1-8-5-6-11(7-8)9(12)13-10(2,3)4;/h7H,5-6H2,1-4H3;5H,6-7H2,1-4H3;1H4. The van der Waals surface area contributed by atoms with Gasteiger partial charge in [-0.2, -0.15) is 0 Å². The SMILES string of the molecule is C.CC(C)(C)OC(=O)N1CC2OC2(C)C1.CC1=CCN(C(=O)OC(C)(C)C)C1. The number of ether oxygens (including phenoxy) is 3. The second kappa shape index (κ2) is 8.31. The summed E-state index contributed by atoms with van der Waals surface area (Å²) in [7, 11) is 0. The molecule has 0 aromatic carbocycles. The normalized spacial score (nSPS) is 25.7. The first-order valence-corrected chi connectivity index (χ1v) is 9.48. The molecule has 2 unspecified atom stereocenters. The van der Waals surface area contributed by atoms with Gasteiger partial charge in [0.05, 0.1) is 13.1 Å². The minimum Gasteiger partial charge on any atom is -0.444 e. The molecule has 3 rings (SSSR count). The predicted molar refractivity (Wildman–Crippen MR) is 109 cm³/mol. The maximum atomic E-state index is 11.6. The van der Waals surface area contributed by atoms with Gasteiger partial charge in [-0.25, -0.2) is 9.59 Å². The molecule has 0 aliphatic carbocycles. The number of carbonyl (C=O) groups is 2. The first-order chi connectivity index (χ1) is 12.2. The van der Waals surface area contributed by atoms with E-state index in [-0.39, 0.29) is 31.3 Å². The summed E-state index contributed by atoms with van der Waals surface area (Å²) < 4.78 is 15.9. The summed E-state index contributed by atoms with van der Waals surface area (Å²) >= 11 is 0. The Morgan fingerprint density at radius 2 is 1.57 bits per heavy atom. The molecular weight excluding hydrogens is 360 g/mol. The van der Waals surface area contributed by atoms with Gasteiger partial charge in [0.15, 0.2) is 0 Å². The van der Waals surface area contributed by atoms with Gasteiger partial charge >= 0.3 is 12.2 Å². The molecule has 7 heteroatoms. The van der Waals surface area contributed by atoms with Crippen LogP contribution in [0.3, 0.4) is 0 Å². The quantitative estimate of drug-likeness (QED) is 0.451. The molecule has 0 bridgehead atoms. The van der Waals surface area contributed by atoms with Gasteiger partial charge in [-0.3, -0.25) is 0 Å². The molecule has 3 heterocycles. The van der Waals surface area contributed by atoms with Gasteiger partial charge in [-0.15, -0.1) is 0 Å². The van der Waals surface area contributed by atoms with Crippen molar-refractivity contribution in [3.63, 3.8) is 0 Å². The van der Waals surface area contributed by atoms with E-state index in [4.69, 9.17) is 14.2 Å². The number of nitrogens with zero attached hydrogens (tertiary/aromatic N) is 2. The molecule has 3 aliphatic heterocycles. The first-order valence-electron chi connectivity index (χ1n) is 9.48. The number of likely N-dealkylation sites (tertiary alicyclic amines) is 1. The summed E-state index contributed by atoms with van der Waals surface area (Å²) in [4.78, 5) is 26.5. The lowest BCUT2D eigenvalue weighted by Gasteiger charge is -2.25. The van der Waals surface area contributed by atoms with Crippen LogP contribution in [0.25, 0.3) is 0 Å². The molecule has 2 fully saturated rings. The Hall–Kier alpha value is -1.76. The summed E-state index contributed by atoms with van der Waals surface area (Å²) in [5, 5.41) is 0. The fraction of sp³-hybridized carbons (Fsp3) is 0.810. The minimum absolute atomic E-state index is 0. The highest BCUT2D eigenvalue weighted by Crippen LogP contribution is 2.42. The van der Waals surface area contributed by atoms with E-state index in [0.29, 0.717) is 26.2 Å². The Labute approximate surface area is 170 Å². The predicted octanol–water partition coefficient (Wildman–Crippen LogP) is 4.21. The van der Waals surface area contributed by atoms with Crippen LogP contribution >= 0.6 is 0 Å². The fourth-order valence-electron chi connectivity index (χ4n) is 2.93. The maximum Gasteiger partial charge on any atom is 0.410 e. The molecule has 0 aromatic heterocycles. The summed E-state index contributed by atoms with van der Waals surface area (Å²) in [5.74, 6) is 0. The smallest absolute Gasteiger partial charge is 0.410 e. The van der Waals surface area contributed by atoms with Crippen LogP contribution in [0.5, 0.6) is 0 Å². The molecule has 0 saturated carbocycles. The number of epoxide rings is 1. The Morgan fingerprint density at radius 1 is 1.07 bits per heavy atom. The summed E-state index contributed by atoms with van der Waals surface area (Å²) in [6.07, 6.45) is 1.83. The largest absolute Gasteiger partial charge is 0.444 e. The van der Waals surface area contributed by atoms with Crippen molar-refractivity contribution in [2.75, 3.05) is 26.2 Å². The summed E-state index contributed by atoms with van der Waals surface area (Å²) in [5.41, 5.74) is 0.335. The van der Waals surface area contributed by atoms with E-state index < -0.39 is 11.2 Å². The summed E-state index contributed by atoms with van der Waals surface area (Å²) in [6, 6.07) is 0. The van der Waals surface area contributed by atoms with E-state index in [1.165, 1.54) is 5.57 Å². The maximum absolute atomic E-state index is 11.6. The van der Waals surface area contributed by atoms with Crippen molar-refractivity contribution in [1.29, 1.82) is 0 Å². The van der Waals surface area contributed by atoms with Crippen LogP contribution in [0.2, 0.25) is 0 Å². The molecule has 2 atom stereocenters. The number of hydrogen-bond donors (Lipinski definition) is 0. The van der Waals surface area contributed by atoms with E-state index >= 15 is 0 Å². The summed E-state index contributed by atoms with van der Waals surface area (Å²) in [6.45, 7) is 18.0. The third kappa shape index (κ3) is 7.00. The molecule has 2 saturated heterocycles. The molecule has 3 aliphatic rings. The number of rotatable bonds is 0. The van der Waals surface area contributed by atoms with E-state index in [1.807, 2.05) is 61.5 Å². The van der Waals surface area contributed by atoms with E-state index in [9.17, 15) is 9.59 Å². The molecule has 0 spiro atoms. The Balaban J connectivity index is 0.000000271. The lowest BCUT2D eigenvalue weighted by Crippen LogP contribution is -2.38. The van der Waals surface area contributed by atoms with Crippen molar-refractivity contribution in [2.45, 2.75) is 85.7 Å². The molecule has 28 heavy (non-hydrogen) atoms. The van der Waals surface area contributed by atoms with Crippen LogP contribution in [0.1, 0.15) is 62.8 Å². The van der Waals surface area contributed by atoms with Crippen LogP contribution in [0, 0.1) is 0 Å². The molecule has 2 amide bonds. The Bertz CT molecular complexity index is 617. The van der Waals surface area contributed by atoms with Crippen LogP contribution in [0.15, 0.2) is 11.6 Å². The van der Waals surface area contributed by atoms with Gasteiger partial charge in [0, 0.05) is 13.1 Å². The second-order valence-electron chi connectivity index (χ2n) is 9.69. The van der Waals surface area contributed by atoms with Crippen molar-refractivity contribution in [2.24, 2.45) is 0 Å². The Morgan fingerprint density at radius 3 is 1.93 bits per heavy atom. The number of amides is 2. The molecule has 162 valence electrons. The van der Waals surface area contributed by atoms with Crippen molar-refractivity contribution < 1.29 is 23.8 Å². The number of hydrogen-bond acceptors (Lipinski definition) is 5. The van der Waals surface area contributed by atoms with E-state index in [2.05, 4.69) is 0 Å². The number of carbonyl (C=O) groups excluding carboxylic acids is 2. The molecule has 0 N–H and O–H groups in total. The number of morpholine rings is 1. The zero-order chi connectivity index (χ0) is 20.6. The zero-order valence-electron chi connectivity index (χ0n) is 17.9. The molecule has 0 radical (unpaired) electrons. The molecule has 7 nitrogen and oxygen atoms in total. The van der Waals surface area contributed by atoms with Crippen molar-refractivity contribution in [3.8, 4) is 0 Å². The van der Waals surface area contributed by atoms with Crippen LogP contribution in [-0.4, -0.2) is 71.1 Å². The Kier molecular flexibility index (Phi) is 7.21. The highest BCUT2D eigenvalue weighted by atomic mass is 16.6.